The van der Waals surface area contributed by atoms with Crippen LogP contribution in [-0.2, 0) is 0 Å². The van der Waals surface area contributed by atoms with Gasteiger partial charge >= 0.3 is 0 Å². The van der Waals surface area contributed by atoms with Crippen molar-refractivity contribution in [2.45, 2.75) is 44.4 Å². The molecule has 1 rings (SSSR count). The van der Waals surface area contributed by atoms with Crippen LogP contribution in [0.1, 0.15) is 32.1 Å². The molecule has 2 heteroatoms. The first-order valence-corrected chi connectivity index (χ1v) is 3.63. The molecule has 0 bridgehead atoms. The second kappa shape index (κ2) is 3.16. The third kappa shape index (κ3) is 1.94. The zero-order chi connectivity index (χ0) is 6.69. The number of hydrogen-bond donors (Lipinski definition) is 1. The van der Waals surface area contributed by atoms with Crippen LogP contribution in [0.5, 0.6) is 0 Å². The van der Waals surface area contributed by atoms with E-state index in [0.717, 1.165) is 19.3 Å². The smallest absolute Gasteiger partial charge is 0.126 e. The van der Waals surface area contributed by atoms with Gasteiger partial charge < -0.3 is 5.11 Å². The molecule has 1 aliphatic carbocycles. The van der Waals surface area contributed by atoms with Crippen molar-refractivity contribution in [3.05, 3.63) is 0 Å². The van der Waals surface area contributed by atoms with Crippen LogP contribution in [0, 0.1) is 0 Å². The number of alkyl halides is 1. The van der Waals surface area contributed by atoms with Gasteiger partial charge in [0.2, 0.25) is 0 Å². The molecule has 54 valence electrons. The summed E-state index contributed by atoms with van der Waals surface area (Å²) in [6.07, 6.45) is 2.60. The maximum Gasteiger partial charge on any atom is 0.126 e. The second-order valence-corrected chi connectivity index (χ2v) is 2.72. The Morgan fingerprint density at radius 1 is 1.11 bits per heavy atom. The first-order valence-electron chi connectivity index (χ1n) is 3.63. The lowest BCUT2D eigenvalue weighted by Crippen LogP contribution is -2.19. The monoisotopic (exact) mass is 132 g/mol. The molecule has 1 aliphatic rings. The summed E-state index contributed by atoms with van der Waals surface area (Å²) in [4.78, 5) is 0. The predicted molar refractivity (Wildman–Crippen MR) is 34.0 cm³/mol. The van der Waals surface area contributed by atoms with Gasteiger partial charge in [-0.3, -0.25) is 0 Å². The lowest BCUT2D eigenvalue weighted by molar-refractivity contribution is 0.0724. The van der Waals surface area contributed by atoms with Crippen molar-refractivity contribution < 1.29 is 9.50 Å². The molecule has 0 unspecified atom stereocenters. The van der Waals surface area contributed by atoms with E-state index in [0.29, 0.717) is 12.8 Å². The average Bonchev–Trinajstić information content (AvgIpc) is 1.99. The SMILES string of the molecule is O[C@@H]1CCCCC[C@H]1F. The van der Waals surface area contributed by atoms with Crippen LogP contribution in [0.2, 0.25) is 0 Å². The fourth-order valence-electron chi connectivity index (χ4n) is 1.24. The summed E-state index contributed by atoms with van der Waals surface area (Å²) in [6, 6.07) is 0. The van der Waals surface area contributed by atoms with Crippen LogP contribution in [-0.4, -0.2) is 17.4 Å². The van der Waals surface area contributed by atoms with E-state index in [4.69, 9.17) is 5.11 Å². The minimum absolute atomic E-state index is 0.557. The van der Waals surface area contributed by atoms with E-state index in [2.05, 4.69) is 0 Å². The lowest BCUT2D eigenvalue weighted by atomic mass is 10.1. The predicted octanol–water partition coefficient (Wildman–Crippen LogP) is 1.65. The van der Waals surface area contributed by atoms with Crippen molar-refractivity contribution in [2.75, 3.05) is 0 Å². The van der Waals surface area contributed by atoms with Gasteiger partial charge in [-0.05, 0) is 12.8 Å². The Kier molecular flexibility index (Phi) is 2.46. The Balaban J connectivity index is 2.32. The highest BCUT2D eigenvalue weighted by Crippen LogP contribution is 2.19. The quantitative estimate of drug-likeness (QED) is 0.497. The van der Waals surface area contributed by atoms with Crippen LogP contribution < -0.4 is 0 Å². The normalized spacial score (nSPS) is 38.0. The van der Waals surface area contributed by atoms with Crippen LogP contribution in [0.25, 0.3) is 0 Å². The summed E-state index contributed by atoms with van der Waals surface area (Å²) in [5.74, 6) is 0. The highest BCUT2D eigenvalue weighted by molar-refractivity contribution is 4.71. The standard InChI is InChI=1S/C7H13FO/c8-6-4-2-1-3-5-7(6)9/h6-7,9H,1-5H2/t6-,7-/m1/s1. The molecule has 0 spiro atoms. The number of rotatable bonds is 0. The molecule has 1 N–H and O–H groups in total. The molecule has 2 atom stereocenters. The molecule has 0 aromatic heterocycles. The number of hydrogen-bond acceptors (Lipinski definition) is 1. The topological polar surface area (TPSA) is 20.2 Å². The van der Waals surface area contributed by atoms with Gasteiger partial charge in [0.25, 0.3) is 0 Å². The molecular weight excluding hydrogens is 119 g/mol. The summed E-state index contributed by atoms with van der Waals surface area (Å²) in [6.45, 7) is 0. The molecule has 0 saturated heterocycles. The average molecular weight is 132 g/mol. The van der Waals surface area contributed by atoms with Crippen molar-refractivity contribution in [3.8, 4) is 0 Å². The van der Waals surface area contributed by atoms with E-state index in [9.17, 15) is 4.39 Å². The van der Waals surface area contributed by atoms with Crippen molar-refractivity contribution in [3.63, 3.8) is 0 Å². The zero-order valence-electron chi connectivity index (χ0n) is 5.52. The molecule has 0 aliphatic heterocycles. The summed E-state index contributed by atoms with van der Waals surface area (Å²) in [5.41, 5.74) is 0. The Bertz CT molecular complexity index is 75.0. The largest absolute Gasteiger partial charge is 0.390 e. The maximum atomic E-state index is 12.6. The fourth-order valence-corrected chi connectivity index (χ4v) is 1.24. The number of halogens is 1. The maximum absolute atomic E-state index is 12.6. The molecular formula is C7H13FO. The summed E-state index contributed by atoms with van der Waals surface area (Å²) < 4.78 is 12.6. The Hall–Kier alpha value is -0.110. The highest BCUT2D eigenvalue weighted by atomic mass is 19.1. The fraction of sp³-hybridized carbons (Fsp3) is 1.00. The zero-order valence-corrected chi connectivity index (χ0v) is 5.52. The van der Waals surface area contributed by atoms with E-state index >= 15 is 0 Å². The van der Waals surface area contributed by atoms with Gasteiger partial charge in [0, 0.05) is 0 Å². The van der Waals surface area contributed by atoms with Gasteiger partial charge in [0.05, 0.1) is 6.10 Å². The van der Waals surface area contributed by atoms with Gasteiger partial charge in [0.1, 0.15) is 6.17 Å². The van der Waals surface area contributed by atoms with E-state index in [-0.39, 0.29) is 0 Å². The van der Waals surface area contributed by atoms with Crippen LogP contribution in [0.15, 0.2) is 0 Å². The molecule has 0 amide bonds. The highest BCUT2D eigenvalue weighted by Gasteiger charge is 2.19. The van der Waals surface area contributed by atoms with E-state index in [1.807, 2.05) is 0 Å². The third-order valence-corrected chi connectivity index (χ3v) is 1.90. The summed E-state index contributed by atoms with van der Waals surface area (Å²) in [7, 11) is 0. The van der Waals surface area contributed by atoms with E-state index in [1.165, 1.54) is 0 Å². The molecule has 1 saturated carbocycles. The molecule has 0 aromatic carbocycles. The number of aliphatic hydroxyl groups is 1. The minimum Gasteiger partial charge on any atom is -0.390 e. The van der Waals surface area contributed by atoms with E-state index < -0.39 is 12.3 Å². The van der Waals surface area contributed by atoms with Crippen molar-refractivity contribution in [1.29, 1.82) is 0 Å². The van der Waals surface area contributed by atoms with Crippen LogP contribution in [0.4, 0.5) is 4.39 Å². The van der Waals surface area contributed by atoms with Crippen molar-refractivity contribution in [2.24, 2.45) is 0 Å². The Labute approximate surface area is 54.9 Å². The van der Waals surface area contributed by atoms with Crippen molar-refractivity contribution >= 4 is 0 Å². The number of aliphatic hydroxyl groups excluding tert-OH is 1. The van der Waals surface area contributed by atoms with E-state index in [1.54, 1.807) is 0 Å². The van der Waals surface area contributed by atoms with Gasteiger partial charge in [-0.2, -0.15) is 0 Å². The van der Waals surface area contributed by atoms with Gasteiger partial charge in [-0.15, -0.1) is 0 Å². The van der Waals surface area contributed by atoms with Gasteiger partial charge in [0.15, 0.2) is 0 Å². The van der Waals surface area contributed by atoms with Crippen LogP contribution >= 0.6 is 0 Å². The minimum atomic E-state index is -0.951. The molecule has 0 radical (unpaired) electrons. The Morgan fingerprint density at radius 2 is 1.78 bits per heavy atom. The summed E-state index contributed by atoms with van der Waals surface area (Å²) in [5, 5.41) is 8.98. The van der Waals surface area contributed by atoms with Gasteiger partial charge in [-0.1, -0.05) is 19.3 Å². The Morgan fingerprint density at radius 3 is 2.56 bits per heavy atom. The molecule has 0 heterocycles. The lowest BCUT2D eigenvalue weighted by Gasteiger charge is -2.09. The van der Waals surface area contributed by atoms with Gasteiger partial charge in [-0.25, -0.2) is 4.39 Å². The second-order valence-electron chi connectivity index (χ2n) is 2.72. The molecule has 1 fully saturated rings. The third-order valence-electron chi connectivity index (χ3n) is 1.90. The first-order chi connectivity index (χ1) is 4.30. The molecule has 9 heavy (non-hydrogen) atoms. The first kappa shape index (κ1) is 7.00. The summed E-state index contributed by atoms with van der Waals surface area (Å²) >= 11 is 0. The van der Waals surface area contributed by atoms with Crippen LogP contribution in [0.3, 0.4) is 0 Å². The molecule has 0 aromatic rings. The van der Waals surface area contributed by atoms with Crippen molar-refractivity contribution in [1.82, 2.24) is 0 Å². The molecule has 1 nitrogen and oxygen atoms in total.